The van der Waals surface area contributed by atoms with Crippen molar-refractivity contribution >= 4 is 5.65 Å². The van der Waals surface area contributed by atoms with Crippen LogP contribution in [-0.2, 0) is 4.74 Å². The van der Waals surface area contributed by atoms with Crippen molar-refractivity contribution in [1.82, 2.24) is 14.6 Å². The fraction of sp³-hybridized carbons (Fsp3) is 0.417. The third-order valence-corrected chi connectivity index (χ3v) is 3.08. The van der Waals surface area contributed by atoms with Crippen LogP contribution in [0.15, 0.2) is 18.3 Å². The summed E-state index contributed by atoms with van der Waals surface area (Å²) in [6.07, 6.45) is 4.02. The lowest BCUT2D eigenvalue weighted by molar-refractivity contribution is 0.0497. The van der Waals surface area contributed by atoms with Gasteiger partial charge >= 0.3 is 0 Å². The number of aromatic nitrogens is 3. The fourth-order valence-electron chi connectivity index (χ4n) is 2.19. The van der Waals surface area contributed by atoms with Crippen LogP contribution in [-0.4, -0.2) is 20.7 Å². The van der Waals surface area contributed by atoms with Crippen LogP contribution >= 0.6 is 0 Å². The monoisotopic (exact) mass is 228 g/mol. The smallest absolute Gasteiger partial charge is 0.166 e. The molecule has 0 N–H and O–H groups in total. The lowest BCUT2D eigenvalue weighted by atomic mass is 10.2. The Bertz CT molecular complexity index is 598. The van der Waals surface area contributed by atoms with Crippen molar-refractivity contribution in [3.8, 4) is 6.07 Å². The first-order chi connectivity index (χ1) is 8.28. The minimum Gasteiger partial charge on any atom is -0.367 e. The zero-order chi connectivity index (χ0) is 11.8. The van der Waals surface area contributed by atoms with Gasteiger partial charge in [0, 0.05) is 6.20 Å². The Balaban J connectivity index is 2.08. The lowest BCUT2D eigenvalue weighted by Gasteiger charge is -2.08. The van der Waals surface area contributed by atoms with E-state index in [9.17, 15) is 0 Å². The van der Waals surface area contributed by atoms with Crippen molar-refractivity contribution in [3.63, 3.8) is 0 Å². The maximum atomic E-state index is 8.90. The summed E-state index contributed by atoms with van der Waals surface area (Å²) in [6.45, 7) is 2.06. The highest BCUT2D eigenvalue weighted by atomic mass is 16.5. The summed E-state index contributed by atoms with van der Waals surface area (Å²) >= 11 is 0. The molecule has 0 spiro atoms. The van der Waals surface area contributed by atoms with E-state index in [1.165, 1.54) is 0 Å². The Kier molecular flexibility index (Phi) is 2.30. The van der Waals surface area contributed by atoms with E-state index in [1.54, 1.807) is 18.3 Å². The molecule has 0 amide bonds. The molecule has 2 unspecified atom stereocenters. The number of ether oxygens (including phenoxy) is 1. The molecule has 0 bridgehead atoms. The molecule has 17 heavy (non-hydrogen) atoms. The summed E-state index contributed by atoms with van der Waals surface area (Å²) < 4.78 is 7.63. The normalized spacial score (nSPS) is 24.0. The Labute approximate surface area is 98.6 Å². The molecule has 0 aliphatic carbocycles. The van der Waals surface area contributed by atoms with Gasteiger partial charge in [0.25, 0.3) is 0 Å². The molecule has 3 heterocycles. The van der Waals surface area contributed by atoms with E-state index in [2.05, 4.69) is 23.2 Å². The first kappa shape index (κ1) is 10.2. The molecule has 2 aromatic rings. The van der Waals surface area contributed by atoms with Gasteiger partial charge in [0.15, 0.2) is 11.5 Å². The molecule has 5 nitrogen and oxygen atoms in total. The lowest BCUT2D eigenvalue weighted by Crippen LogP contribution is -2.05. The third-order valence-electron chi connectivity index (χ3n) is 3.08. The van der Waals surface area contributed by atoms with Crippen molar-refractivity contribution in [2.45, 2.75) is 32.0 Å². The number of fused-ring (bicyclic) bond motifs is 1. The molecule has 1 aliphatic heterocycles. The first-order valence-electron chi connectivity index (χ1n) is 5.68. The predicted molar refractivity (Wildman–Crippen MR) is 60.2 cm³/mol. The number of pyridine rings is 1. The van der Waals surface area contributed by atoms with Gasteiger partial charge in [-0.25, -0.2) is 0 Å². The van der Waals surface area contributed by atoms with Crippen LogP contribution < -0.4 is 0 Å². The maximum Gasteiger partial charge on any atom is 0.166 e. The van der Waals surface area contributed by atoms with Crippen molar-refractivity contribution in [2.75, 3.05) is 0 Å². The van der Waals surface area contributed by atoms with Crippen LogP contribution in [0.25, 0.3) is 5.65 Å². The van der Waals surface area contributed by atoms with Gasteiger partial charge in [-0.15, -0.1) is 10.2 Å². The van der Waals surface area contributed by atoms with Crippen molar-refractivity contribution < 1.29 is 4.74 Å². The van der Waals surface area contributed by atoms with Crippen LogP contribution in [0.1, 0.15) is 37.3 Å². The van der Waals surface area contributed by atoms with Crippen LogP contribution in [0.5, 0.6) is 0 Å². The molecule has 5 heteroatoms. The second kappa shape index (κ2) is 3.82. The third kappa shape index (κ3) is 1.67. The molecule has 1 saturated heterocycles. The average Bonchev–Trinajstić information content (AvgIpc) is 2.93. The highest BCUT2D eigenvalue weighted by molar-refractivity contribution is 5.42. The van der Waals surface area contributed by atoms with Gasteiger partial charge in [0.1, 0.15) is 12.2 Å². The number of hydrogen-bond acceptors (Lipinski definition) is 4. The molecule has 0 saturated carbocycles. The van der Waals surface area contributed by atoms with E-state index >= 15 is 0 Å². The van der Waals surface area contributed by atoms with E-state index in [0.717, 1.165) is 24.3 Å². The fourth-order valence-corrected chi connectivity index (χ4v) is 2.19. The van der Waals surface area contributed by atoms with Crippen LogP contribution in [0.2, 0.25) is 0 Å². The van der Waals surface area contributed by atoms with Gasteiger partial charge < -0.3 is 4.74 Å². The Morgan fingerprint density at radius 3 is 3.00 bits per heavy atom. The number of nitrogens with zero attached hydrogens (tertiary/aromatic N) is 4. The number of rotatable bonds is 1. The van der Waals surface area contributed by atoms with Gasteiger partial charge in [-0.05, 0) is 31.9 Å². The molecule has 1 aliphatic rings. The second-order valence-electron chi connectivity index (χ2n) is 4.33. The largest absolute Gasteiger partial charge is 0.367 e. The molecule has 0 radical (unpaired) electrons. The van der Waals surface area contributed by atoms with Crippen LogP contribution in [0.3, 0.4) is 0 Å². The van der Waals surface area contributed by atoms with Crippen molar-refractivity contribution in [2.24, 2.45) is 0 Å². The number of hydrogen-bond donors (Lipinski definition) is 0. The summed E-state index contributed by atoms with van der Waals surface area (Å²) in [6, 6.07) is 5.66. The molecule has 1 fully saturated rings. The zero-order valence-electron chi connectivity index (χ0n) is 9.50. The molecular formula is C12H12N4O. The molecule has 2 atom stereocenters. The Morgan fingerprint density at radius 2 is 2.29 bits per heavy atom. The van der Waals surface area contributed by atoms with E-state index in [-0.39, 0.29) is 12.2 Å². The summed E-state index contributed by atoms with van der Waals surface area (Å²) in [7, 11) is 0. The molecule has 3 rings (SSSR count). The highest BCUT2D eigenvalue weighted by Gasteiger charge is 2.27. The topological polar surface area (TPSA) is 63.2 Å². The first-order valence-corrected chi connectivity index (χ1v) is 5.68. The maximum absolute atomic E-state index is 8.90. The van der Waals surface area contributed by atoms with Crippen LogP contribution in [0, 0.1) is 11.3 Å². The van der Waals surface area contributed by atoms with E-state index < -0.39 is 0 Å². The minimum absolute atomic E-state index is 0.00561. The molecule has 2 aromatic heterocycles. The predicted octanol–water partition coefficient (Wildman–Crippen LogP) is 1.84. The van der Waals surface area contributed by atoms with Crippen molar-refractivity contribution in [3.05, 3.63) is 29.7 Å². The summed E-state index contributed by atoms with van der Waals surface area (Å²) in [4.78, 5) is 0. The second-order valence-corrected chi connectivity index (χ2v) is 4.33. The summed E-state index contributed by atoms with van der Waals surface area (Å²) in [5.74, 6) is 0.793. The van der Waals surface area contributed by atoms with E-state index in [1.807, 2.05) is 4.40 Å². The molecular weight excluding hydrogens is 216 g/mol. The minimum atomic E-state index is -0.00561. The SMILES string of the molecule is CC1CCC(c2nnc3ccc(C#N)cn23)O1. The quantitative estimate of drug-likeness (QED) is 0.747. The van der Waals surface area contributed by atoms with Crippen molar-refractivity contribution in [1.29, 1.82) is 5.26 Å². The standard InChI is InChI=1S/C12H12N4O/c1-8-2-4-10(17-8)12-15-14-11-5-3-9(6-13)7-16(11)12/h3,5,7-8,10H,2,4H2,1H3. The van der Waals surface area contributed by atoms with Gasteiger partial charge in [0.2, 0.25) is 0 Å². The summed E-state index contributed by atoms with van der Waals surface area (Å²) in [5.41, 5.74) is 1.35. The van der Waals surface area contributed by atoms with Gasteiger partial charge in [-0.2, -0.15) is 5.26 Å². The van der Waals surface area contributed by atoms with Gasteiger partial charge in [-0.3, -0.25) is 4.40 Å². The van der Waals surface area contributed by atoms with Crippen LogP contribution in [0.4, 0.5) is 0 Å². The average molecular weight is 228 g/mol. The molecule has 0 aromatic carbocycles. The van der Waals surface area contributed by atoms with Gasteiger partial charge in [-0.1, -0.05) is 0 Å². The van der Waals surface area contributed by atoms with E-state index in [0.29, 0.717) is 5.56 Å². The Morgan fingerprint density at radius 1 is 1.41 bits per heavy atom. The Hall–Kier alpha value is -1.93. The van der Waals surface area contributed by atoms with E-state index in [4.69, 9.17) is 10.00 Å². The molecule has 86 valence electrons. The zero-order valence-corrected chi connectivity index (χ0v) is 9.50. The number of nitriles is 1. The highest BCUT2D eigenvalue weighted by Crippen LogP contribution is 2.31. The summed E-state index contributed by atoms with van der Waals surface area (Å²) in [5, 5.41) is 17.2. The van der Waals surface area contributed by atoms with Gasteiger partial charge in [0.05, 0.1) is 11.7 Å².